The summed E-state index contributed by atoms with van der Waals surface area (Å²) in [5.41, 5.74) is 4.42. The second-order valence-electron chi connectivity index (χ2n) is 7.41. The van der Waals surface area contributed by atoms with E-state index in [2.05, 4.69) is 5.32 Å². The first-order chi connectivity index (χ1) is 15.3. The molecule has 1 heterocycles. The number of nitrogens with one attached hydrogen (secondary N) is 1. The van der Waals surface area contributed by atoms with Crippen molar-refractivity contribution in [2.24, 2.45) is 7.05 Å². The van der Waals surface area contributed by atoms with Gasteiger partial charge in [-0.3, -0.25) is 9.59 Å². The molecule has 1 atom stereocenters. The number of hydrogen-bond donors (Lipinski definition) is 2. The van der Waals surface area contributed by atoms with Gasteiger partial charge in [-0.15, -0.1) is 0 Å². The summed E-state index contributed by atoms with van der Waals surface area (Å²) in [7, 11) is 2.86. The lowest BCUT2D eigenvalue weighted by atomic mass is 9.95. The number of halogens is 1. The summed E-state index contributed by atoms with van der Waals surface area (Å²) >= 11 is 6.34. The maximum Gasteiger partial charge on any atom is 0.313 e. The van der Waals surface area contributed by atoms with Crippen LogP contribution in [0, 0.1) is 6.92 Å². The molecule has 0 spiro atoms. The van der Waals surface area contributed by atoms with Gasteiger partial charge in [-0.1, -0.05) is 42.8 Å². The highest BCUT2D eigenvalue weighted by Crippen LogP contribution is 2.28. The Morgan fingerprint density at radius 1 is 1.12 bits per heavy atom. The zero-order valence-electron chi connectivity index (χ0n) is 19.2. The number of esters is 1. The summed E-state index contributed by atoms with van der Waals surface area (Å²) < 4.78 is 7.01. The van der Waals surface area contributed by atoms with Crippen molar-refractivity contribution in [3.8, 4) is 0 Å². The fourth-order valence-electron chi connectivity index (χ4n) is 3.66. The van der Waals surface area contributed by atoms with Crippen molar-refractivity contribution in [2.75, 3.05) is 13.7 Å². The number of fused-ring (bicyclic) bond motifs is 1. The Morgan fingerprint density at radius 2 is 1.78 bits per heavy atom. The van der Waals surface area contributed by atoms with Crippen LogP contribution in [0.3, 0.4) is 0 Å². The third kappa shape index (κ3) is 5.69. The Morgan fingerprint density at radius 3 is 2.38 bits per heavy atom. The average molecular weight is 459 g/mol. The van der Waals surface area contributed by atoms with E-state index >= 15 is 0 Å². The van der Waals surface area contributed by atoms with Gasteiger partial charge in [0.25, 0.3) is 5.91 Å². The molecule has 32 heavy (non-hydrogen) atoms. The first kappa shape index (κ1) is 25.4. The molecule has 0 aliphatic carbocycles. The van der Waals surface area contributed by atoms with Gasteiger partial charge in [-0.05, 0) is 55.2 Å². The van der Waals surface area contributed by atoms with Crippen molar-refractivity contribution in [1.82, 2.24) is 9.88 Å². The number of benzene rings is 2. The van der Waals surface area contributed by atoms with Crippen molar-refractivity contribution < 1.29 is 19.4 Å². The van der Waals surface area contributed by atoms with E-state index in [1.165, 1.54) is 0 Å². The van der Waals surface area contributed by atoms with Crippen molar-refractivity contribution in [1.29, 1.82) is 0 Å². The SMILES string of the molecule is CCOC(=O)C(CC)c1ccc(CNC(=O)c2cc3c(Cl)cc(C)cc3n2C)cc1.CO. The predicted octanol–water partition coefficient (Wildman–Crippen LogP) is 4.74. The number of rotatable bonds is 7. The van der Waals surface area contributed by atoms with Gasteiger partial charge in [0.1, 0.15) is 5.69 Å². The van der Waals surface area contributed by atoms with E-state index in [0.29, 0.717) is 30.3 Å². The Bertz CT molecular complexity index is 1070. The van der Waals surface area contributed by atoms with Crippen LogP contribution in [0.1, 0.15) is 53.4 Å². The second kappa shape index (κ2) is 11.7. The fraction of sp³-hybridized carbons (Fsp3) is 0.360. The van der Waals surface area contributed by atoms with Crippen molar-refractivity contribution in [2.45, 2.75) is 39.7 Å². The van der Waals surface area contributed by atoms with E-state index in [1.807, 2.05) is 67.9 Å². The minimum atomic E-state index is -0.266. The summed E-state index contributed by atoms with van der Waals surface area (Å²) in [6, 6.07) is 13.4. The summed E-state index contributed by atoms with van der Waals surface area (Å²) in [6.45, 7) is 6.52. The molecule has 0 saturated carbocycles. The highest BCUT2D eigenvalue weighted by atomic mass is 35.5. The van der Waals surface area contributed by atoms with E-state index in [-0.39, 0.29) is 17.8 Å². The predicted molar refractivity (Wildman–Crippen MR) is 128 cm³/mol. The number of aryl methyl sites for hydroxylation is 2. The lowest BCUT2D eigenvalue weighted by Gasteiger charge is -2.14. The molecule has 0 saturated heterocycles. The van der Waals surface area contributed by atoms with Gasteiger partial charge in [0.05, 0.1) is 23.1 Å². The summed E-state index contributed by atoms with van der Waals surface area (Å²) in [6.07, 6.45) is 0.679. The number of aliphatic hydroxyl groups excluding tert-OH is 1. The largest absolute Gasteiger partial charge is 0.466 e. The molecule has 0 aliphatic rings. The van der Waals surface area contributed by atoms with Gasteiger partial charge in [-0.2, -0.15) is 0 Å². The molecule has 1 amide bonds. The topological polar surface area (TPSA) is 80.6 Å². The van der Waals surface area contributed by atoms with Crippen LogP contribution in [-0.2, 0) is 23.1 Å². The lowest BCUT2D eigenvalue weighted by molar-refractivity contribution is -0.145. The van der Waals surface area contributed by atoms with Crippen LogP contribution in [-0.4, -0.2) is 35.3 Å². The molecule has 7 heteroatoms. The van der Waals surface area contributed by atoms with E-state index in [9.17, 15) is 9.59 Å². The number of carbonyl (C=O) groups is 2. The summed E-state index contributed by atoms with van der Waals surface area (Å²) in [4.78, 5) is 24.8. The van der Waals surface area contributed by atoms with Gasteiger partial charge < -0.3 is 19.7 Å². The molecule has 3 aromatic rings. The maximum atomic E-state index is 12.8. The normalized spacial score (nSPS) is 11.5. The molecule has 1 aromatic heterocycles. The first-order valence-corrected chi connectivity index (χ1v) is 11.0. The standard InChI is InChI=1S/C24H27ClN2O3.CH4O/c1-5-18(24(29)30-6-2)17-9-7-16(8-10-17)14-26-23(28)22-13-19-20(25)11-15(3)12-21(19)27(22)4;1-2/h7-13,18H,5-6,14H2,1-4H3,(H,26,28);2H,1H3. The van der Waals surface area contributed by atoms with E-state index < -0.39 is 0 Å². The minimum absolute atomic E-state index is 0.163. The van der Waals surface area contributed by atoms with Crippen LogP contribution in [0.5, 0.6) is 0 Å². The molecular weight excluding hydrogens is 428 g/mol. The van der Waals surface area contributed by atoms with Crippen LogP contribution in [0.25, 0.3) is 10.9 Å². The third-order valence-electron chi connectivity index (χ3n) is 5.30. The van der Waals surface area contributed by atoms with Gasteiger partial charge in [0.2, 0.25) is 0 Å². The summed E-state index contributed by atoms with van der Waals surface area (Å²) in [5.74, 6) is -0.632. The Hall–Kier alpha value is -2.83. The second-order valence-corrected chi connectivity index (χ2v) is 7.81. The Kier molecular flexibility index (Phi) is 9.29. The molecule has 0 bridgehead atoms. The maximum absolute atomic E-state index is 12.8. The zero-order chi connectivity index (χ0) is 23.8. The van der Waals surface area contributed by atoms with Crippen LogP contribution in [0.2, 0.25) is 5.02 Å². The van der Waals surface area contributed by atoms with Gasteiger partial charge in [0.15, 0.2) is 0 Å². The first-order valence-electron chi connectivity index (χ1n) is 10.6. The zero-order valence-corrected chi connectivity index (χ0v) is 20.0. The van der Waals surface area contributed by atoms with Gasteiger partial charge in [-0.25, -0.2) is 0 Å². The Labute approximate surface area is 194 Å². The third-order valence-corrected chi connectivity index (χ3v) is 5.62. The smallest absolute Gasteiger partial charge is 0.313 e. The lowest BCUT2D eigenvalue weighted by Crippen LogP contribution is -2.24. The van der Waals surface area contributed by atoms with E-state index in [0.717, 1.165) is 34.7 Å². The number of hydrogen-bond acceptors (Lipinski definition) is 4. The molecule has 3 rings (SSSR count). The van der Waals surface area contributed by atoms with Crippen molar-refractivity contribution in [3.05, 3.63) is 69.9 Å². The minimum Gasteiger partial charge on any atom is -0.466 e. The van der Waals surface area contributed by atoms with Crippen LogP contribution < -0.4 is 5.32 Å². The van der Waals surface area contributed by atoms with Crippen LogP contribution >= 0.6 is 11.6 Å². The number of carbonyl (C=O) groups excluding carboxylic acids is 2. The monoisotopic (exact) mass is 458 g/mol. The van der Waals surface area contributed by atoms with Crippen molar-refractivity contribution in [3.63, 3.8) is 0 Å². The number of aromatic nitrogens is 1. The van der Waals surface area contributed by atoms with Crippen LogP contribution in [0.4, 0.5) is 0 Å². The molecule has 0 fully saturated rings. The molecule has 172 valence electrons. The molecule has 0 aliphatic heterocycles. The van der Waals surface area contributed by atoms with Gasteiger partial charge >= 0.3 is 5.97 Å². The highest BCUT2D eigenvalue weighted by Gasteiger charge is 2.20. The van der Waals surface area contributed by atoms with Gasteiger partial charge in [0, 0.05) is 26.1 Å². The molecular formula is C25H31ClN2O4. The molecule has 1 unspecified atom stereocenters. The van der Waals surface area contributed by atoms with Crippen LogP contribution in [0.15, 0.2) is 42.5 Å². The quantitative estimate of drug-likeness (QED) is 0.501. The molecule has 2 N–H and O–H groups in total. The highest BCUT2D eigenvalue weighted by molar-refractivity contribution is 6.35. The molecule has 2 aromatic carbocycles. The van der Waals surface area contributed by atoms with E-state index in [4.69, 9.17) is 21.4 Å². The Balaban J connectivity index is 0.00000176. The number of aliphatic hydroxyl groups is 1. The number of nitrogens with zero attached hydrogens (tertiary/aromatic N) is 1. The molecule has 6 nitrogen and oxygen atoms in total. The van der Waals surface area contributed by atoms with E-state index in [1.54, 1.807) is 6.92 Å². The fourth-order valence-corrected chi connectivity index (χ4v) is 3.98. The van der Waals surface area contributed by atoms with Crippen molar-refractivity contribution >= 4 is 34.4 Å². The molecule has 0 radical (unpaired) electrons. The summed E-state index contributed by atoms with van der Waals surface area (Å²) in [5, 5.41) is 11.5. The number of ether oxygens (including phenoxy) is 1. The average Bonchev–Trinajstić information content (AvgIpc) is 3.12. The number of amides is 1.